The Bertz CT molecular complexity index is 428. The number of aromatic nitrogens is 1. The lowest BCUT2D eigenvalue weighted by Gasteiger charge is -2.38. The minimum atomic E-state index is -0.784. The number of hydrogen-bond acceptors (Lipinski definition) is 4. The summed E-state index contributed by atoms with van der Waals surface area (Å²) in [5.74, 6) is -0.134. The quantitative estimate of drug-likeness (QED) is 0.883. The van der Waals surface area contributed by atoms with Gasteiger partial charge in [-0.05, 0) is 23.6 Å². The van der Waals surface area contributed by atoms with Crippen LogP contribution in [0.1, 0.15) is 25.5 Å². The molecule has 1 atom stereocenters. The van der Waals surface area contributed by atoms with E-state index in [1.54, 1.807) is 24.5 Å². The lowest BCUT2D eigenvalue weighted by Crippen LogP contribution is -2.49. The zero-order chi connectivity index (χ0) is 14.5. The number of nitrogens with zero attached hydrogens (tertiary/aromatic N) is 3. The standard InChI is InChI=1S/C15H23N3O2/c1-12(2)11-17-7-9-18(10-8-17)14(15(19)20)13-3-5-16-6-4-13/h3-6,12,14H,7-11H2,1-2H3,(H,19,20). The predicted octanol–water partition coefficient (Wildman–Crippen LogP) is 1.48. The van der Waals surface area contributed by atoms with Crippen LogP contribution < -0.4 is 0 Å². The average Bonchev–Trinajstić information content (AvgIpc) is 2.41. The number of piperazine rings is 1. The number of carboxylic acid groups (broad SMARTS) is 1. The Morgan fingerprint density at radius 2 is 1.85 bits per heavy atom. The third kappa shape index (κ3) is 3.77. The molecule has 0 radical (unpaired) electrons. The van der Waals surface area contributed by atoms with Gasteiger partial charge in [-0.3, -0.25) is 14.7 Å². The van der Waals surface area contributed by atoms with Crippen molar-refractivity contribution in [1.82, 2.24) is 14.8 Å². The first-order valence-electron chi connectivity index (χ1n) is 7.17. The Morgan fingerprint density at radius 3 is 2.35 bits per heavy atom. The molecule has 5 nitrogen and oxygen atoms in total. The molecule has 1 aliphatic heterocycles. The molecule has 5 heteroatoms. The Kier molecular flexibility index (Phi) is 5.09. The molecule has 2 heterocycles. The van der Waals surface area contributed by atoms with Crippen LogP contribution in [-0.4, -0.2) is 58.6 Å². The maximum atomic E-state index is 11.6. The fourth-order valence-corrected chi connectivity index (χ4v) is 2.78. The van der Waals surface area contributed by atoms with E-state index >= 15 is 0 Å². The summed E-state index contributed by atoms with van der Waals surface area (Å²) >= 11 is 0. The van der Waals surface area contributed by atoms with Crippen molar-refractivity contribution in [3.8, 4) is 0 Å². The van der Waals surface area contributed by atoms with Crippen LogP contribution >= 0.6 is 0 Å². The number of rotatable bonds is 5. The molecule has 1 saturated heterocycles. The minimum Gasteiger partial charge on any atom is -0.480 e. The SMILES string of the molecule is CC(C)CN1CCN(C(C(=O)O)c2ccncc2)CC1. The summed E-state index contributed by atoms with van der Waals surface area (Å²) in [6.07, 6.45) is 3.31. The number of carboxylic acids is 1. The van der Waals surface area contributed by atoms with Crippen LogP contribution in [0.4, 0.5) is 0 Å². The highest BCUT2D eigenvalue weighted by Crippen LogP contribution is 2.22. The van der Waals surface area contributed by atoms with Crippen molar-refractivity contribution in [1.29, 1.82) is 0 Å². The fourth-order valence-electron chi connectivity index (χ4n) is 2.78. The smallest absolute Gasteiger partial charge is 0.325 e. The van der Waals surface area contributed by atoms with Crippen molar-refractivity contribution < 1.29 is 9.90 Å². The largest absolute Gasteiger partial charge is 0.480 e. The van der Waals surface area contributed by atoms with Gasteiger partial charge in [0.1, 0.15) is 6.04 Å². The zero-order valence-corrected chi connectivity index (χ0v) is 12.2. The van der Waals surface area contributed by atoms with Crippen LogP contribution in [0.5, 0.6) is 0 Å². The monoisotopic (exact) mass is 277 g/mol. The molecule has 20 heavy (non-hydrogen) atoms. The van der Waals surface area contributed by atoms with Gasteiger partial charge >= 0.3 is 5.97 Å². The van der Waals surface area contributed by atoms with Crippen LogP contribution in [0.25, 0.3) is 0 Å². The normalized spacial score (nSPS) is 19.1. The van der Waals surface area contributed by atoms with Gasteiger partial charge in [0.15, 0.2) is 0 Å². The van der Waals surface area contributed by atoms with E-state index in [2.05, 4.69) is 28.6 Å². The average molecular weight is 277 g/mol. The molecule has 0 spiro atoms. The van der Waals surface area contributed by atoms with Gasteiger partial charge in [-0.2, -0.15) is 0 Å². The van der Waals surface area contributed by atoms with E-state index in [9.17, 15) is 9.90 Å². The zero-order valence-electron chi connectivity index (χ0n) is 12.2. The van der Waals surface area contributed by atoms with Gasteiger partial charge in [0, 0.05) is 45.1 Å². The van der Waals surface area contributed by atoms with Crippen molar-refractivity contribution in [2.24, 2.45) is 5.92 Å². The third-order valence-electron chi connectivity index (χ3n) is 3.65. The summed E-state index contributed by atoms with van der Waals surface area (Å²) in [5.41, 5.74) is 0.810. The summed E-state index contributed by atoms with van der Waals surface area (Å²) < 4.78 is 0. The van der Waals surface area contributed by atoms with E-state index in [4.69, 9.17) is 0 Å². The molecule has 1 unspecified atom stereocenters. The number of aliphatic carboxylic acids is 1. The van der Waals surface area contributed by atoms with Crippen molar-refractivity contribution in [2.75, 3.05) is 32.7 Å². The molecule has 110 valence electrons. The van der Waals surface area contributed by atoms with Crippen LogP contribution in [0, 0.1) is 5.92 Å². The second-order valence-corrected chi connectivity index (χ2v) is 5.75. The first-order chi connectivity index (χ1) is 9.58. The first kappa shape index (κ1) is 14.9. The van der Waals surface area contributed by atoms with Gasteiger partial charge in [-0.25, -0.2) is 0 Å². The Labute approximate surface area is 120 Å². The molecule has 1 aromatic rings. The van der Waals surface area contributed by atoms with E-state index in [0.29, 0.717) is 5.92 Å². The van der Waals surface area contributed by atoms with Crippen molar-refractivity contribution in [3.63, 3.8) is 0 Å². The Morgan fingerprint density at radius 1 is 1.25 bits per heavy atom. The summed E-state index contributed by atoms with van der Waals surface area (Å²) in [6.45, 7) is 8.98. The molecular weight excluding hydrogens is 254 g/mol. The van der Waals surface area contributed by atoms with Gasteiger partial charge in [0.25, 0.3) is 0 Å². The van der Waals surface area contributed by atoms with Gasteiger partial charge in [0.05, 0.1) is 0 Å². The van der Waals surface area contributed by atoms with Crippen LogP contribution in [0.15, 0.2) is 24.5 Å². The van der Waals surface area contributed by atoms with E-state index in [-0.39, 0.29) is 0 Å². The lowest BCUT2D eigenvalue weighted by atomic mass is 10.1. The highest BCUT2D eigenvalue weighted by molar-refractivity contribution is 5.75. The third-order valence-corrected chi connectivity index (χ3v) is 3.65. The maximum absolute atomic E-state index is 11.6. The van der Waals surface area contributed by atoms with Crippen LogP contribution in [0.2, 0.25) is 0 Å². The number of carbonyl (C=O) groups is 1. The second-order valence-electron chi connectivity index (χ2n) is 5.75. The molecule has 1 aliphatic rings. The lowest BCUT2D eigenvalue weighted by molar-refractivity contribution is -0.144. The minimum absolute atomic E-state index is 0.556. The number of hydrogen-bond donors (Lipinski definition) is 1. The summed E-state index contributed by atoms with van der Waals surface area (Å²) in [7, 11) is 0. The second kappa shape index (κ2) is 6.81. The molecule has 0 amide bonds. The maximum Gasteiger partial charge on any atom is 0.325 e. The van der Waals surface area contributed by atoms with E-state index in [1.807, 2.05) is 0 Å². The molecular formula is C15H23N3O2. The Hall–Kier alpha value is -1.46. The van der Waals surface area contributed by atoms with E-state index in [0.717, 1.165) is 38.3 Å². The molecule has 2 rings (SSSR count). The molecule has 0 bridgehead atoms. The molecule has 0 aromatic carbocycles. The molecule has 0 saturated carbocycles. The van der Waals surface area contributed by atoms with Gasteiger partial charge in [0.2, 0.25) is 0 Å². The van der Waals surface area contributed by atoms with Crippen molar-refractivity contribution in [3.05, 3.63) is 30.1 Å². The fraction of sp³-hybridized carbons (Fsp3) is 0.600. The van der Waals surface area contributed by atoms with E-state index in [1.165, 1.54) is 0 Å². The molecule has 0 aliphatic carbocycles. The summed E-state index contributed by atoms with van der Waals surface area (Å²) in [5, 5.41) is 9.51. The van der Waals surface area contributed by atoms with Crippen LogP contribution in [-0.2, 0) is 4.79 Å². The van der Waals surface area contributed by atoms with Gasteiger partial charge in [-0.1, -0.05) is 13.8 Å². The highest BCUT2D eigenvalue weighted by Gasteiger charge is 2.30. The molecule has 1 N–H and O–H groups in total. The molecule has 1 aromatic heterocycles. The van der Waals surface area contributed by atoms with E-state index < -0.39 is 12.0 Å². The number of pyridine rings is 1. The van der Waals surface area contributed by atoms with Crippen LogP contribution in [0.3, 0.4) is 0 Å². The predicted molar refractivity (Wildman–Crippen MR) is 77.5 cm³/mol. The van der Waals surface area contributed by atoms with Gasteiger partial charge in [-0.15, -0.1) is 0 Å². The first-order valence-corrected chi connectivity index (χ1v) is 7.17. The van der Waals surface area contributed by atoms with Gasteiger partial charge < -0.3 is 10.0 Å². The summed E-state index contributed by atoms with van der Waals surface area (Å²) in [4.78, 5) is 20.0. The molecule has 1 fully saturated rings. The summed E-state index contributed by atoms with van der Waals surface area (Å²) in [6, 6.07) is 3.03. The topological polar surface area (TPSA) is 56.7 Å². The Balaban J connectivity index is 2.01. The highest BCUT2D eigenvalue weighted by atomic mass is 16.4. The van der Waals surface area contributed by atoms with Crippen molar-refractivity contribution in [2.45, 2.75) is 19.9 Å². The van der Waals surface area contributed by atoms with Crippen molar-refractivity contribution >= 4 is 5.97 Å².